The quantitative estimate of drug-likeness (QED) is 0.806. The van der Waals surface area contributed by atoms with E-state index in [1.165, 1.54) is 5.69 Å². The van der Waals surface area contributed by atoms with Crippen molar-refractivity contribution in [2.75, 3.05) is 18.0 Å². The molecule has 1 aliphatic heterocycles. The van der Waals surface area contributed by atoms with Gasteiger partial charge in [-0.15, -0.1) is 0 Å². The van der Waals surface area contributed by atoms with Gasteiger partial charge in [-0.25, -0.2) is 4.79 Å². The molecule has 1 heterocycles. The molecule has 3 heteroatoms. The van der Waals surface area contributed by atoms with Crippen molar-refractivity contribution < 1.29 is 9.53 Å². The van der Waals surface area contributed by atoms with Crippen LogP contribution < -0.4 is 4.90 Å². The highest BCUT2D eigenvalue weighted by atomic mass is 16.5. The summed E-state index contributed by atoms with van der Waals surface area (Å²) in [4.78, 5) is 14.4. The molecule has 1 unspecified atom stereocenters. The van der Waals surface area contributed by atoms with Gasteiger partial charge < -0.3 is 9.64 Å². The lowest BCUT2D eigenvalue weighted by Gasteiger charge is -2.34. The van der Waals surface area contributed by atoms with Crippen LogP contribution >= 0.6 is 0 Å². The van der Waals surface area contributed by atoms with Crippen molar-refractivity contribution in [3.63, 3.8) is 0 Å². The van der Waals surface area contributed by atoms with Crippen molar-refractivity contribution in [3.05, 3.63) is 66.2 Å². The smallest absolute Gasteiger partial charge is 0.338 e. The van der Waals surface area contributed by atoms with Crippen molar-refractivity contribution >= 4 is 11.7 Å². The second-order valence-corrected chi connectivity index (χ2v) is 5.32. The molecule has 0 radical (unpaired) electrons. The molecular weight excluding hydrogens is 262 g/mol. The number of anilines is 1. The number of para-hydroxylation sites is 1. The standard InChI is InChI=1S/C18H19NO2/c20-18(15-8-3-1-4-9-15)21-17-12-7-13-19(14-17)16-10-5-2-6-11-16/h1-6,8-11,17H,7,12-14H2. The summed E-state index contributed by atoms with van der Waals surface area (Å²) in [6.45, 7) is 1.78. The van der Waals surface area contributed by atoms with Crippen LogP contribution in [-0.2, 0) is 4.74 Å². The van der Waals surface area contributed by atoms with E-state index in [4.69, 9.17) is 4.74 Å². The first-order chi connectivity index (χ1) is 10.3. The number of esters is 1. The van der Waals surface area contributed by atoms with E-state index >= 15 is 0 Å². The topological polar surface area (TPSA) is 29.5 Å². The van der Waals surface area contributed by atoms with E-state index in [2.05, 4.69) is 17.0 Å². The lowest BCUT2D eigenvalue weighted by molar-refractivity contribution is 0.0270. The van der Waals surface area contributed by atoms with Gasteiger partial charge >= 0.3 is 5.97 Å². The van der Waals surface area contributed by atoms with Crippen LogP contribution in [0.1, 0.15) is 23.2 Å². The number of piperidine rings is 1. The van der Waals surface area contributed by atoms with E-state index in [-0.39, 0.29) is 12.1 Å². The average Bonchev–Trinajstić information content (AvgIpc) is 2.57. The van der Waals surface area contributed by atoms with Gasteiger partial charge in [-0.1, -0.05) is 36.4 Å². The molecule has 1 saturated heterocycles. The van der Waals surface area contributed by atoms with Crippen LogP contribution in [0, 0.1) is 0 Å². The van der Waals surface area contributed by atoms with Crippen LogP contribution in [0.15, 0.2) is 60.7 Å². The van der Waals surface area contributed by atoms with E-state index in [1.54, 1.807) is 12.1 Å². The SMILES string of the molecule is O=C(OC1CCCN(c2ccccc2)C1)c1ccccc1. The molecule has 1 aliphatic rings. The van der Waals surface area contributed by atoms with Crippen LogP contribution in [0.3, 0.4) is 0 Å². The van der Waals surface area contributed by atoms with E-state index in [0.29, 0.717) is 5.56 Å². The molecule has 2 aromatic rings. The number of benzene rings is 2. The van der Waals surface area contributed by atoms with Gasteiger partial charge in [0, 0.05) is 12.2 Å². The Labute approximate surface area is 125 Å². The van der Waals surface area contributed by atoms with Crippen LogP contribution in [0.25, 0.3) is 0 Å². The van der Waals surface area contributed by atoms with E-state index < -0.39 is 0 Å². The molecule has 1 fully saturated rings. The molecule has 0 aromatic heterocycles. The number of hydrogen-bond donors (Lipinski definition) is 0. The van der Waals surface area contributed by atoms with Crippen molar-refractivity contribution in [3.8, 4) is 0 Å². The maximum absolute atomic E-state index is 12.1. The Kier molecular flexibility index (Phi) is 4.20. The van der Waals surface area contributed by atoms with Crippen molar-refractivity contribution in [2.45, 2.75) is 18.9 Å². The normalized spacial score (nSPS) is 18.3. The number of ether oxygens (including phenoxy) is 1. The number of carbonyl (C=O) groups is 1. The maximum atomic E-state index is 12.1. The molecule has 108 valence electrons. The van der Waals surface area contributed by atoms with Gasteiger partial charge in [0.25, 0.3) is 0 Å². The highest BCUT2D eigenvalue weighted by Crippen LogP contribution is 2.21. The summed E-state index contributed by atoms with van der Waals surface area (Å²) in [7, 11) is 0. The third-order valence-corrected chi connectivity index (χ3v) is 3.78. The molecule has 0 N–H and O–H groups in total. The number of rotatable bonds is 3. The number of carbonyl (C=O) groups excluding carboxylic acids is 1. The van der Waals surface area contributed by atoms with Crippen LogP contribution in [0.4, 0.5) is 5.69 Å². The Bertz CT molecular complexity index is 583. The fraction of sp³-hybridized carbons (Fsp3) is 0.278. The van der Waals surface area contributed by atoms with Crippen LogP contribution in [-0.4, -0.2) is 25.2 Å². The summed E-state index contributed by atoms with van der Waals surface area (Å²) in [5.74, 6) is -0.226. The minimum atomic E-state index is -0.226. The molecule has 0 bridgehead atoms. The largest absolute Gasteiger partial charge is 0.457 e. The van der Waals surface area contributed by atoms with Crippen LogP contribution in [0.5, 0.6) is 0 Å². The lowest BCUT2D eigenvalue weighted by Crippen LogP contribution is -2.40. The second kappa shape index (κ2) is 6.44. The molecular formula is C18H19NO2. The van der Waals surface area contributed by atoms with Gasteiger partial charge in [0.05, 0.1) is 12.1 Å². The lowest BCUT2D eigenvalue weighted by atomic mass is 10.1. The highest BCUT2D eigenvalue weighted by Gasteiger charge is 2.23. The monoisotopic (exact) mass is 281 g/mol. The van der Waals surface area contributed by atoms with E-state index in [9.17, 15) is 4.79 Å². The predicted octanol–water partition coefficient (Wildman–Crippen LogP) is 3.51. The Morgan fingerprint density at radius 2 is 1.67 bits per heavy atom. The second-order valence-electron chi connectivity index (χ2n) is 5.32. The third kappa shape index (κ3) is 3.43. The zero-order chi connectivity index (χ0) is 14.5. The summed E-state index contributed by atoms with van der Waals surface area (Å²) in [5, 5.41) is 0. The van der Waals surface area contributed by atoms with E-state index in [0.717, 1.165) is 25.9 Å². The summed E-state index contributed by atoms with van der Waals surface area (Å²) in [6.07, 6.45) is 1.94. The Balaban J connectivity index is 1.63. The Hall–Kier alpha value is -2.29. The summed E-state index contributed by atoms with van der Waals surface area (Å²) >= 11 is 0. The van der Waals surface area contributed by atoms with Gasteiger partial charge in [0.2, 0.25) is 0 Å². The summed E-state index contributed by atoms with van der Waals surface area (Å²) in [5.41, 5.74) is 1.81. The zero-order valence-electron chi connectivity index (χ0n) is 11.9. The number of hydrogen-bond acceptors (Lipinski definition) is 3. The molecule has 3 nitrogen and oxygen atoms in total. The molecule has 0 aliphatic carbocycles. The van der Waals surface area contributed by atoms with Gasteiger partial charge in [0.1, 0.15) is 6.10 Å². The molecule has 0 amide bonds. The molecule has 0 spiro atoms. The fourth-order valence-corrected chi connectivity index (χ4v) is 2.70. The van der Waals surface area contributed by atoms with Gasteiger partial charge in [0.15, 0.2) is 0 Å². The first-order valence-corrected chi connectivity index (χ1v) is 7.39. The zero-order valence-corrected chi connectivity index (χ0v) is 11.9. The highest BCUT2D eigenvalue weighted by molar-refractivity contribution is 5.89. The Morgan fingerprint density at radius 1 is 1.00 bits per heavy atom. The molecule has 21 heavy (non-hydrogen) atoms. The molecule has 0 saturated carbocycles. The molecule has 2 aromatic carbocycles. The Morgan fingerprint density at radius 3 is 2.38 bits per heavy atom. The first kappa shape index (κ1) is 13.7. The summed E-state index contributed by atoms with van der Waals surface area (Å²) in [6, 6.07) is 19.5. The fourth-order valence-electron chi connectivity index (χ4n) is 2.70. The minimum Gasteiger partial charge on any atom is -0.457 e. The van der Waals surface area contributed by atoms with Crippen molar-refractivity contribution in [2.24, 2.45) is 0 Å². The summed E-state index contributed by atoms with van der Waals surface area (Å²) < 4.78 is 5.65. The van der Waals surface area contributed by atoms with Gasteiger partial charge in [-0.3, -0.25) is 0 Å². The average molecular weight is 281 g/mol. The van der Waals surface area contributed by atoms with Crippen molar-refractivity contribution in [1.29, 1.82) is 0 Å². The van der Waals surface area contributed by atoms with E-state index in [1.807, 2.05) is 36.4 Å². The molecule has 1 atom stereocenters. The third-order valence-electron chi connectivity index (χ3n) is 3.78. The molecule has 3 rings (SSSR count). The van der Waals surface area contributed by atoms with Gasteiger partial charge in [-0.05, 0) is 37.1 Å². The van der Waals surface area contributed by atoms with Crippen molar-refractivity contribution in [1.82, 2.24) is 0 Å². The first-order valence-electron chi connectivity index (χ1n) is 7.39. The van der Waals surface area contributed by atoms with Crippen LogP contribution in [0.2, 0.25) is 0 Å². The minimum absolute atomic E-state index is 0.0355. The number of nitrogens with zero attached hydrogens (tertiary/aromatic N) is 1. The van der Waals surface area contributed by atoms with Gasteiger partial charge in [-0.2, -0.15) is 0 Å². The predicted molar refractivity (Wildman–Crippen MR) is 83.5 cm³/mol. The maximum Gasteiger partial charge on any atom is 0.338 e.